The van der Waals surface area contributed by atoms with E-state index in [4.69, 9.17) is 5.73 Å². The van der Waals surface area contributed by atoms with Crippen molar-refractivity contribution in [3.05, 3.63) is 34.1 Å². The molecule has 2 N–H and O–H groups in total. The van der Waals surface area contributed by atoms with Gasteiger partial charge in [0.1, 0.15) is 5.82 Å². The van der Waals surface area contributed by atoms with Crippen LogP contribution in [0.5, 0.6) is 0 Å². The third kappa shape index (κ3) is 2.87. The van der Waals surface area contributed by atoms with E-state index in [9.17, 15) is 4.39 Å². The van der Waals surface area contributed by atoms with Crippen LogP contribution in [0.15, 0.2) is 22.7 Å². The molecule has 94 valence electrons. The van der Waals surface area contributed by atoms with E-state index in [-0.39, 0.29) is 11.9 Å². The zero-order valence-electron chi connectivity index (χ0n) is 10.00. The van der Waals surface area contributed by atoms with Gasteiger partial charge in [0.2, 0.25) is 0 Å². The van der Waals surface area contributed by atoms with E-state index in [1.54, 1.807) is 6.07 Å². The van der Waals surface area contributed by atoms with E-state index in [0.717, 1.165) is 11.0 Å². The van der Waals surface area contributed by atoms with Gasteiger partial charge in [0.05, 0.1) is 6.04 Å². The van der Waals surface area contributed by atoms with Gasteiger partial charge in [-0.1, -0.05) is 22.9 Å². The highest BCUT2D eigenvalue weighted by Gasteiger charge is 2.33. The van der Waals surface area contributed by atoms with Gasteiger partial charge < -0.3 is 5.73 Å². The van der Waals surface area contributed by atoms with E-state index in [0.29, 0.717) is 18.2 Å². The second-order valence-electron chi connectivity index (χ2n) is 4.48. The number of nitrogens with zero attached hydrogens (tertiary/aromatic N) is 1. The minimum atomic E-state index is -0.164. The lowest BCUT2D eigenvalue weighted by atomic mass is 10.0. The average molecular weight is 301 g/mol. The molecule has 1 fully saturated rings. The summed E-state index contributed by atoms with van der Waals surface area (Å²) in [4.78, 5) is 2.31. The van der Waals surface area contributed by atoms with Crippen LogP contribution in [-0.4, -0.2) is 24.0 Å². The van der Waals surface area contributed by atoms with Crippen LogP contribution in [0.1, 0.15) is 31.4 Å². The molecule has 2 rings (SSSR count). The first-order chi connectivity index (χ1) is 8.17. The van der Waals surface area contributed by atoms with Gasteiger partial charge in [0, 0.05) is 22.6 Å². The van der Waals surface area contributed by atoms with Crippen LogP contribution in [0.4, 0.5) is 4.39 Å². The maximum atomic E-state index is 13.9. The third-order valence-electron chi connectivity index (χ3n) is 3.32. The van der Waals surface area contributed by atoms with E-state index in [1.165, 1.54) is 18.9 Å². The predicted molar refractivity (Wildman–Crippen MR) is 71.3 cm³/mol. The van der Waals surface area contributed by atoms with Gasteiger partial charge >= 0.3 is 0 Å². The monoisotopic (exact) mass is 300 g/mol. The smallest absolute Gasteiger partial charge is 0.128 e. The summed E-state index contributed by atoms with van der Waals surface area (Å²) in [6, 6.07) is 5.65. The van der Waals surface area contributed by atoms with Crippen molar-refractivity contribution in [1.82, 2.24) is 4.90 Å². The van der Waals surface area contributed by atoms with Crippen molar-refractivity contribution in [2.75, 3.05) is 13.1 Å². The number of hydrogen-bond donors (Lipinski definition) is 1. The molecular formula is C13H18BrFN2. The molecule has 1 atom stereocenters. The zero-order valence-corrected chi connectivity index (χ0v) is 11.6. The van der Waals surface area contributed by atoms with Gasteiger partial charge in [-0.2, -0.15) is 0 Å². The fraction of sp³-hybridized carbons (Fsp3) is 0.538. The summed E-state index contributed by atoms with van der Waals surface area (Å²) >= 11 is 3.39. The standard InChI is InChI=1S/C13H18BrFN2/c1-2-17(10-4-5-10)13(8-16)11-7-9(14)3-6-12(11)15/h3,6-7,10,13H,2,4-5,8,16H2,1H3. The van der Waals surface area contributed by atoms with Crippen LogP contribution < -0.4 is 5.73 Å². The molecule has 0 spiro atoms. The molecule has 1 aromatic rings. The summed E-state index contributed by atoms with van der Waals surface area (Å²) in [7, 11) is 0. The number of likely N-dealkylation sites (N-methyl/N-ethyl adjacent to an activating group) is 1. The van der Waals surface area contributed by atoms with Gasteiger partial charge in [-0.05, 0) is 37.6 Å². The molecule has 1 saturated carbocycles. The Morgan fingerprint density at radius 3 is 2.76 bits per heavy atom. The molecule has 17 heavy (non-hydrogen) atoms. The van der Waals surface area contributed by atoms with Crippen LogP contribution in [0, 0.1) is 5.82 Å². The number of hydrogen-bond acceptors (Lipinski definition) is 2. The molecule has 4 heteroatoms. The Morgan fingerprint density at radius 1 is 1.53 bits per heavy atom. The third-order valence-corrected chi connectivity index (χ3v) is 3.81. The number of rotatable bonds is 5. The minimum Gasteiger partial charge on any atom is -0.329 e. The van der Waals surface area contributed by atoms with Crippen LogP contribution in [-0.2, 0) is 0 Å². The molecule has 2 nitrogen and oxygen atoms in total. The lowest BCUT2D eigenvalue weighted by Gasteiger charge is -2.30. The van der Waals surface area contributed by atoms with Gasteiger partial charge in [0.15, 0.2) is 0 Å². The van der Waals surface area contributed by atoms with E-state index in [1.807, 2.05) is 6.07 Å². The fourth-order valence-electron chi connectivity index (χ4n) is 2.35. The van der Waals surface area contributed by atoms with Crippen molar-refractivity contribution in [1.29, 1.82) is 0 Å². The Kier molecular flexibility index (Phi) is 4.17. The summed E-state index contributed by atoms with van der Waals surface area (Å²) < 4.78 is 14.8. The topological polar surface area (TPSA) is 29.3 Å². The highest BCUT2D eigenvalue weighted by atomic mass is 79.9. The SMILES string of the molecule is CCN(C1CC1)C(CN)c1cc(Br)ccc1F. The van der Waals surface area contributed by atoms with Crippen molar-refractivity contribution < 1.29 is 4.39 Å². The van der Waals surface area contributed by atoms with Gasteiger partial charge in [-0.25, -0.2) is 4.39 Å². The minimum absolute atomic E-state index is 0.00926. The van der Waals surface area contributed by atoms with Crippen LogP contribution in [0.25, 0.3) is 0 Å². The largest absolute Gasteiger partial charge is 0.329 e. The maximum absolute atomic E-state index is 13.9. The number of halogens is 2. The molecule has 1 aliphatic carbocycles. The van der Waals surface area contributed by atoms with Crippen molar-refractivity contribution in [2.45, 2.75) is 31.8 Å². The summed E-state index contributed by atoms with van der Waals surface area (Å²) in [6.07, 6.45) is 2.42. The maximum Gasteiger partial charge on any atom is 0.128 e. The van der Waals surface area contributed by atoms with E-state index >= 15 is 0 Å². The van der Waals surface area contributed by atoms with Crippen LogP contribution in [0.2, 0.25) is 0 Å². The molecule has 0 heterocycles. The Bertz CT molecular complexity index is 393. The second-order valence-corrected chi connectivity index (χ2v) is 5.39. The molecule has 1 aliphatic rings. The molecule has 0 aliphatic heterocycles. The summed E-state index contributed by atoms with van der Waals surface area (Å²) in [5, 5.41) is 0. The Morgan fingerprint density at radius 2 is 2.24 bits per heavy atom. The summed E-state index contributed by atoms with van der Waals surface area (Å²) in [5.74, 6) is -0.164. The van der Waals surface area contributed by atoms with Crippen molar-refractivity contribution in [3.8, 4) is 0 Å². The first-order valence-electron chi connectivity index (χ1n) is 6.08. The lowest BCUT2D eigenvalue weighted by molar-refractivity contribution is 0.198. The van der Waals surface area contributed by atoms with Gasteiger partial charge in [0.25, 0.3) is 0 Å². The summed E-state index contributed by atoms with van der Waals surface area (Å²) in [5.41, 5.74) is 6.55. The fourth-order valence-corrected chi connectivity index (χ4v) is 2.73. The second kappa shape index (κ2) is 5.46. The van der Waals surface area contributed by atoms with Gasteiger partial charge in [-0.3, -0.25) is 4.90 Å². The molecule has 0 bridgehead atoms. The highest BCUT2D eigenvalue weighted by Crippen LogP contribution is 2.35. The molecule has 1 unspecified atom stereocenters. The average Bonchev–Trinajstić information content (AvgIpc) is 3.13. The lowest BCUT2D eigenvalue weighted by Crippen LogP contribution is -2.35. The molecule has 0 amide bonds. The predicted octanol–water partition coefficient (Wildman–Crippen LogP) is 3.07. The van der Waals surface area contributed by atoms with Crippen molar-refractivity contribution in [3.63, 3.8) is 0 Å². The molecule has 0 saturated heterocycles. The first kappa shape index (κ1) is 13.0. The Hall–Kier alpha value is -0.450. The van der Waals surface area contributed by atoms with Crippen LogP contribution in [0.3, 0.4) is 0 Å². The molecular weight excluding hydrogens is 283 g/mol. The molecule has 1 aromatic carbocycles. The number of benzene rings is 1. The van der Waals surface area contributed by atoms with E-state index in [2.05, 4.69) is 27.8 Å². The Labute approximate surface area is 110 Å². The van der Waals surface area contributed by atoms with Gasteiger partial charge in [-0.15, -0.1) is 0 Å². The Balaban J connectivity index is 2.29. The molecule has 0 radical (unpaired) electrons. The zero-order chi connectivity index (χ0) is 12.4. The highest BCUT2D eigenvalue weighted by molar-refractivity contribution is 9.10. The summed E-state index contributed by atoms with van der Waals surface area (Å²) in [6.45, 7) is 3.48. The normalized spacial score (nSPS) is 17.5. The van der Waals surface area contributed by atoms with Crippen molar-refractivity contribution in [2.24, 2.45) is 5.73 Å². The van der Waals surface area contributed by atoms with E-state index < -0.39 is 0 Å². The van der Waals surface area contributed by atoms with Crippen molar-refractivity contribution >= 4 is 15.9 Å². The molecule has 0 aromatic heterocycles. The quantitative estimate of drug-likeness (QED) is 0.905. The number of nitrogens with two attached hydrogens (primary N) is 1. The van der Waals surface area contributed by atoms with Crippen LogP contribution >= 0.6 is 15.9 Å². The first-order valence-corrected chi connectivity index (χ1v) is 6.87.